The number of nitrogens with one attached hydrogen (secondary N) is 1. The highest BCUT2D eigenvalue weighted by Crippen LogP contribution is 2.35. The van der Waals surface area contributed by atoms with Gasteiger partial charge in [0.25, 0.3) is 0 Å². The van der Waals surface area contributed by atoms with Crippen LogP contribution in [0.2, 0.25) is 5.02 Å². The van der Waals surface area contributed by atoms with E-state index in [2.05, 4.69) is 10.3 Å². The van der Waals surface area contributed by atoms with Gasteiger partial charge in [0.2, 0.25) is 11.8 Å². The predicted molar refractivity (Wildman–Crippen MR) is 93.9 cm³/mol. The first-order chi connectivity index (χ1) is 11.5. The third-order valence-electron chi connectivity index (χ3n) is 3.78. The fourth-order valence-electron chi connectivity index (χ4n) is 2.61. The van der Waals surface area contributed by atoms with Crippen molar-refractivity contribution in [2.45, 2.75) is 13.3 Å². The van der Waals surface area contributed by atoms with Crippen LogP contribution in [-0.4, -0.2) is 30.5 Å². The molecule has 0 aliphatic carbocycles. The second-order valence-electron chi connectivity index (χ2n) is 5.49. The third kappa shape index (κ3) is 3.37. The van der Waals surface area contributed by atoms with Gasteiger partial charge in [-0.15, -0.1) is 11.3 Å². The van der Waals surface area contributed by atoms with Gasteiger partial charge in [-0.2, -0.15) is 0 Å². The van der Waals surface area contributed by atoms with E-state index in [9.17, 15) is 9.59 Å². The van der Waals surface area contributed by atoms with Crippen molar-refractivity contribution in [1.29, 1.82) is 0 Å². The standard InChI is InChI=1S/C16H16ClN3O3S/c1-9-7-18-16(24-9)19-15(22)10-5-14(21)20(8-10)12-6-11(17)3-4-13(12)23-2/h3-4,6-7,10H,5,8H2,1-2H3,(H,18,19,22)/t10-/m1/s1. The predicted octanol–water partition coefficient (Wildman–Crippen LogP) is 3.11. The quantitative estimate of drug-likeness (QED) is 0.903. The molecular weight excluding hydrogens is 350 g/mol. The topological polar surface area (TPSA) is 71.5 Å². The molecule has 0 radical (unpaired) electrons. The molecule has 126 valence electrons. The van der Waals surface area contributed by atoms with Gasteiger partial charge in [-0.05, 0) is 25.1 Å². The number of methoxy groups -OCH3 is 1. The molecule has 1 aromatic carbocycles. The van der Waals surface area contributed by atoms with Crippen molar-refractivity contribution >= 4 is 45.6 Å². The number of rotatable bonds is 4. The zero-order valence-corrected chi connectivity index (χ0v) is 14.8. The van der Waals surface area contributed by atoms with Gasteiger partial charge in [0.05, 0.1) is 18.7 Å². The monoisotopic (exact) mass is 365 g/mol. The molecule has 3 rings (SSSR count). The number of aromatic nitrogens is 1. The second kappa shape index (κ2) is 6.78. The van der Waals surface area contributed by atoms with E-state index in [1.807, 2.05) is 6.92 Å². The van der Waals surface area contributed by atoms with Gasteiger partial charge in [-0.1, -0.05) is 11.6 Å². The molecule has 2 heterocycles. The number of nitrogens with zero attached hydrogens (tertiary/aromatic N) is 2. The van der Waals surface area contributed by atoms with E-state index in [1.54, 1.807) is 29.3 Å². The minimum atomic E-state index is -0.439. The highest BCUT2D eigenvalue weighted by Gasteiger charge is 2.36. The van der Waals surface area contributed by atoms with Crippen molar-refractivity contribution in [2.75, 3.05) is 23.9 Å². The summed E-state index contributed by atoms with van der Waals surface area (Å²) in [6.45, 7) is 2.20. The van der Waals surface area contributed by atoms with Gasteiger partial charge in [0, 0.05) is 29.1 Å². The smallest absolute Gasteiger partial charge is 0.231 e. The van der Waals surface area contributed by atoms with Crippen LogP contribution >= 0.6 is 22.9 Å². The summed E-state index contributed by atoms with van der Waals surface area (Å²) >= 11 is 7.43. The van der Waals surface area contributed by atoms with Gasteiger partial charge < -0.3 is 15.0 Å². The zero-order chi connectivity index (χ0) is 17.3. The number of carbonyl (C=O) groups is 2. The lowest BCUT2D eigenvalue weighted by Gasteiger charge is -2.19. The minimum Gasteiger partial charge on any atom is -0.495 e. The molecular formula is C16H16ClN3O3S. The molecule has 1 aromatic heterocycles. The fraction of sp³-hybridized carbons (Fsp3) is 0.312. The Morgan fingerprint density at radius 2 is 2.29 bits per heavy atom. The molecule has 0 bridgehead atoms. The van der Waals surface area contributed by atoms with Gasteiger partial charge in [-0.25, -0.2) is 4.98 Å². The highest BCUT2D eigenvalue weighted by molar-refractivity contribution is 7.15. The Morgan fingerprint density at radius 3 is 2.96 bits per heavy atom. The molecule has 0 saturated carbocycles. The first-order valence-corrected chi connectivity index (χ1v) is 8.54. The number of aryl methyl sites for hydroxylation is 1. The SMILES string of the molecule is COc1ccc(Cl)cc1N1C[C@H](C(=O)Nc2ncc(C)s2)CC1=O. The Hall–Kier alpha value is -2.12. The number of benzene rings is 1. The first kappa shape index (κ1) is 16.7. The largest absolute Gasteiger partial charge is 0.495 e. The number of thiazole rings is 1. The summed E-state index contributed by atoms with van der Waals surface area (Å²) < 4.78 is 5.29. The normalized spacial score (nSPS) is 17.2. The van der Waals surface area contributed by atoms with Crippen LogP contribution in [0.5, 0.6) is 5.75 Å². The van der Waals surface area contributed by atoms with Crippen LogP contribution in [0, 0.1) is 12.8 Å². The maximum atomic E-state index is 12.4. The number of anilines is 2. The minimum absolute atomic E-state index is 0.133. The molecule has 2 amide bonds. The maximum Gasteiger partial charge on any atom is 0.231 e. The number of hydrogen-bond donors (Lipinski definition) is 1. The molecule has 1 aliphatic heterocycles. The molecule has 24 heavy (non-hydrogen) atoms. The van der Waals surface area contributed by atoms with Gasteiger partial charge in [0.15, 0.2) is 5.13 Å². The van der Waals surface area contributed by atoms with E-state index in [0.717, 1.165) is 4.88 Å². The molecule has 1 aliphatic rings. The fourth-order valence-corrected chi connectivity index (χ4v) is 3.44. The molecule has 1 N–H and O–H groups in total. The Bertz CT molecular complexity index is 793. The van der Waals surface area contributed by atoms with E-state index in [1.165, 1.54) is 18.4 Å². The van der Waals surface area contributed by atoms with Crippen LogP contribution < -0.4 is 15.0 Å². The lowest BCUT2D eigenvalue weighted by molar-refractivity contribution is -0.122. The van der Waals surface area contributed by atoms with Crippen LogP contribution in [0.15, 0.2) is 24.4 Å². The summed E-state index contributed by atoms with van der Waals surface area (Å²) in [7, 11) is 1.53. The molecule has 0 unspecified atom stereocenters. The van der Waals surface area contributed by atoms with Gasteiger partial charge in [-0.3, -0.25) is 9.59 Å². The van der Waals surface area contributed by atoms with Crippen LogP contribution in [0.3, 0.4) is 0 Å². The van der Waals surface area contributed by atoms with E-state index in [0.29, 0.717) is 21.6 Å². The Labute approximate surface area is 148 Å². The summed E-state index contributed by atoms with van der Waals surface area (Å²) in [5, 5.41) is 3.82. The average molecular weight is 366 g/mol. The summed E-state index contributed by atoms with van der Waals surface area (Å²) in [5.74, 6) is -0.234. The molecule has 6 nitrogen and oxygen atoms in total. The van der Waals surface area contributed by atoms with Crippen LogP contribution in [0.25, 0.3) is 0 Å². The molecule has 1 fully saturated rings. The van der Waals surface area contributed by atoms with Crippen molar-refractivity contribution in [2.24, 2.45) is 5.92 Å². The van der Waals surface area contributed by atoms with E-state index in [-0.39, 0.29) is 24.8 Å². The second-order valence-corrected chi connectivity index (χ2v) is 7.16. The summed E-state index contributed by atoms with van der Waals surface area (Å²) in [5.41, 5.74) is 0.579. The maximum absolute atomic E-state index is 12.4. The van der Waals surface area contributed by atoms with Crippen LogP contribution in [0.4, 0.5) is 10.8 Å². The Balaban J connectivity index is 1.76. The molecule has 8 heteroatoms. The number of carbonyl (C=O) groups excluding carboxylic acids is 2. The summed E-state index contributed by atoms with van der Waals surface area (Å²) in [6, 6.07) is 5.07. The zero-order valence-electron chi connectivity index (χ0n) is 13.2. The van der Waals surface area contributed by atoms with Crippen molar-refractivity contribution in [3.05, 3.63) is 34.3 Å². The van der Waals surface area contributed by atoms with E-state index in [4.69, 9.17) is 16.3 Å². The molecule has 1 atom stereocenters. The molecule has 0 spiro atoms. The van der Waals surface area contributed by atoms with Crippen LogP contribution in [-0.2, 0) is 9.59 Å². The Morgan fingerprint density at radius 1 is 1.50 bits per heavy atom. The van der Waals surface area contributed by atoms with E-state index >= 15 is 0 Å². The molecule has 2 aromatic rings. The van der Waals surface area contributed by atoms with Gasteiger partial charge >= 0.3 is 0 Å². The number of amides is 2. The van der Waals surface area contributed by atoms with Crippen molar-refractivity contribution < 1.29 is 14.3 Å². The van der Waals surface area contributed by atoms with Crippen molar-refractivity contribution in [3.63, 3.8) is 0 Å². The van der Waals surface area contributed by atoms with Gasteiger partial charge in [0.1, 0.15) is 5.75 Å². The lowest BCUT2D eigenvalue weighted by Crippen LogP contribution is -2.28. The highest BCUT2D eigenvalue weighted by atomic mass is 35.5. The lowest BCUT2D eigenvalue weighted by atomic mass is 10.1. The van der Waals surface area contributed by atoms with Crippen molar-refractivity contribution in [1.82, 2.24) is 4.98 Å². The number of hydrogen-bond acceptors (Lipinski definition) is 5. The van der Waals surface area contributed by atoms with Crippen LogP contribution in [0.1, 0.15) is 11.3 Å². The number of halogens is 1. The molecule has 1 saturated heterocycles. The Kier molecular flexibility index (Phi) is 4.73. The summed E-state index contributed by atoms with van der Waals surface area (Å²) in [4.78, 5) is 31.4. The first-order valence-electron chi connectivity index (χ1n) is 7.35. The van der Waals surface area contributed by atoms with Crippen molar-refractivity contribution in [3.8, 4) is 5.75 Å². The third-order valence-corrected chi connectivity index (χ3v) is 4.84. The van der Waals surface area contributed by atoms with E-state index < -0.39 is 5.92 Å². The number of ether oxygens (including phenoxy) is 1. The summed E-state index contributed by atoms with van der Waals surface area (Å²) in [6.07, 6.45) is 1.84. The average Bonchev–Trinajstić information content (AvgIpc) is 3.13.